The molecule has 0 fully saturated rings. The summed E-state index contributed by atoms with van der Waals surface area (Å²) in [5.74, 6) is 0. The Morgan fingerprint density at radius 2 is 0.556 bits per heavy atom. The minimum Gasteiger partial charge on any atom is -0.400 e. The van der Waals surface area contributed by atoms with Gasteiger partial charge in [-0.2, -0.15) is 0 Å². The molecule has 0 heterocycles. The summed E-state index contributed by atoms with van der Waals surface area (Å²) in [6, 6.07) is 0. The molecule has 0 aromatic heterocycles. The van der Waals surface area contributed by atoms with E-state index in [4.69, 9.17) is 30.6 Å². The monoisotopic (exact) mass is 276 g/mol. The number of aliphatic hydroxyl groups is 6. The maximum atomic E-state index is 7.88. The van der Waals surface area contributed by atoms with Crippen LogP contribution in [-0.2, 0) is 0 Å². The zero-order valence-electron chi connectivity index (χ0n) is 12.9. The van der Waals surface area contributed by atoms with Crippen LogP contribution in [-0.4, -0.2) is 70.8 Å². The Bertz CT molecular complexity index is 37.5. The summed E-state index contributed by atoms with van der Waals surface area (Å²) in [6.45, 7) is 9.97. The molecule has 0 aliphatic carbocycles. The fourth-order valence-electron chi connectivity index (χ4n) is 0. The average Bonchev–Trinajstić information content (AvgIpc) is 2.35. The Labute approximate surface area is 113 Å². The van der Waals surface area contributed by atoms with Crippen LogP contribution in [0.2, 0.25) is 0 Å². The molecule has 0 bridgehead atoms. The van der Waals surface area contributed by atoms with Gasteiger partial charge in [0.25, 0.3) is 0 Å². The van der Waals surface area contributed by atoms with E-state index in [0.717, 1.165) is 13.5 Å². The van der Waals surface area contributed by atoms with Crippen LogP contribution < -0.4 is 0 Å². The molecule has 0 spiro atoms. The van der Waals surface area contributed by atoms with Crippen LogP contribution in [0.1, 0.15) is 41.0 Å². The standard InChI is InChI=1S/C3H8O.4C2H6O.CH4O/c1-2-3-4;4*1-2-3;1-2/h4H,2-3H2,1H3;4*3H,2H2,1H3;2H,1H3. The van der Waals surface area contributed by atoms with Gasteiger partial charge in [-0.3, -0.25) is 0 Å². The molecule has 0 aliphatic heterocycles. The molecule has 6 N–H and O–H groups in total. The molecule has 0 radical (unpaired) electrons. The van der Waals surface area contributed by atoms with Crippen LogP contribution >= 0.6 is 0 Å². The number of hydrogen-bond acceptors (Lipinski definition) is 6. The van der Waals surface area contributed by atoms with Gasteiger partial charge in [-0.1, -0.05) is 6.92 Å². The third-order valence-corrected chi connectivity index (χ3v) is 0.224. The molecule has 0 amide bonds. The molecule has 0 aromatic carbocycles. The second-order valence-corrected chi connectivity index (χ2v) is 1.99. The maximum Gasteiger partial charge on any atom is 0.0428 e. The summed E-state index contributed by atoms with van der Waals surface area (Å²) in [5.41, 5.74) is 0. The van der Waals surface area contributed by atoms with Gasteiger partial charge in [0.15, 0.2) is 0 Å². The predicted octanol–water partition coefficient (Wildman–Crippen LogP) is -0.00840. The molecule has 0 aromatic rings. The number of rotatable bonds is 1. The highest BCUT2D eigenvalue weighted by molar-refractivity contribution is 4.10. The number of aliphatic hydroxyl groups excluding tert-OH is 6. The van der Waals surface area contributed by atoms with Crippen LogP contribution in [0.15, 0.2) is 0 Å². The van der Waals surface area contributed by atoms with E-state index in [1.54, 1.807) is 27.7 Å². The molecular weight excluding hydrogens is 240 g/mol. The van der Waals surface area contributed by atoms with Gasteiger partial charge >= 0.3 is 0 Å². The SMILES string of the molecule is CCCO.CCO.CCO.CCO.CCO.CO. The smallest absolute Gasteiger partial charge is 0.0428 e. The summed E-state index contributed by atoms with van der Waals surface area (Å²) in [5, 5.41) is 45.2. The van der Waals surface area contributed by atoms with Crippen molar-refractivity contribution in [3.63, 3.8) is 0 Å². The van der Waals surface area contributed by atoms with Gasteiger partial charge in [-0.15, -0.1) is 0 Å². The van der Waals surface area contributed by atoms with E-state index in [0.29, 0.717) is 6.61 Å². The molecule has 6 heteroatoms. The van der Waals surface area contributed by atoms with Crippen LogP contribution in [0.3, 0.4) is 0 Å². The quantitative estimate of drug-likeness (QED) is 0.401. The fourth-order valence-corrected chi connectivity index (χ4v) is 0. The second kappa shape index (κ2) is 125. The van der Waals surface area contributed by atoms with E-state index < -0.39 is 0 Å². The molecule has 6 nitrogen and oxygen atoms in total. The van der Waals surface area contributed by atoms with Gasteiger partial charge in [0.05, 0.1) is 0 Å². The Hall–Kier alpha value is -0.240. The molecule has 0 atom stereocenters. The van der Waals surface area contributed by atoms with Crippen LogP contribution in [0, 0.1) is 0 Å². The van der Waals surface area contributed by atoms with Crippen molar-refractivity contribution in [2.75, 3.05) is 40.1 Å². The van der Waals surface area contributed by atoms with Crippen molar-refractivity contribution in [1.82, 2.24) is 0 Å². The second-order valence-electron chi connectivity index (χ2n) is 1.99. The molecule has 0 rings (SSSR count). The van der Waals surface area contributed by atoms with Crippen LogP contribution in [0.25, 0.3) is 0 Å². The predicted molar refractivity (Wildman–Crippen MR) is 76.6 cm³/mol. The number of hydrogen-bond donors (Lipinski definition) is 6. The normalized spacial score (nSPS) is 6.00. The highest BCUT2D eigenvalue weighted by atomic mass is 16.3. The minimum atomic E-state index is 0.250. The van der Waals surface area contributed by atoms with Gasteiger partial charge < -0.3 is 30.6 Å². The topological polar surface area (TPSA) is 121 Å². The minimum absolute atomic E-state index is 0.250. The lowest BCUT2D eigenvalue weighted by molar-refractivity contribution is 0.295. The summed E-state index contributed by atoms with van der Waals surface area (Å²) in [4.78, 5) is 0. The molecule has 0 saturated carbocycles. The van der Waals surface area contributed by atoms with Crippen molar-refractivity contribution in [3.8, 4) is 0 Å². The van der Waals surface area contributed by atoms with Crippen molar-refractivity contribution < 1.29 is 30.6 Å². The van der Waals surface area contributed by atoms with Gasteiger partial charge in [0, 0.05) is 40.1 Å². The third-order valence-electron chi connectivity index (χ3n) is 0.224. The Morgan fingerprint density at radius 3 is 0.556 bits per heavy atom. The average molecular weight is 276 g/mol. The molecule has 0 saturated heterocycles. The summed E-state index contributed by atoms with van der Waals surface area (Å²) < 4.78 is 0. The van der Waals surface area contributed by atoms with Crippen molar-refractivity contribution in [2.45, 2.75) is 41.0 Å². The first-order valence-electron chi connectivity index (χ1n) is 6.06. The molecular formula is C12H36O6. The molecule has 18 heavy (non-hydrogen) atoms. The van der Waals surface area contributed by atoms with E-state index in [1.165, 1.54) is 0 Å². The first-order valence-corrected chi connectivity index (χ1v) is 6.06. The van der Waals surface area contributed by atoms with Gasteiger partial charge in [-0.25, -0.2) is 0 Å². The van der Waals surface area contributed by atoms with Gasteiger partial charge in [0.1, 0.15) is 0 Å². The Balaban J connectivity index is -0.0000000243. The highest BCUT2D eigenvalue weighted by Gasteiger charge is 1.57. The zero-order chi connectivity index (χ0) is 16.2. The molecule has 120 valence electrons. The third kappa shape index (κ3) is 5940. The van der Waals surface area contributed by atoms with Crippen molar-refractivity contribution in [2.24, 2.45) is 0 Å². The van der Waals surface area contributed by atoms with Gasteiger partial charge in [-0.05, 0) is 34.1 Å². The Morgan fingerprint density at radius 1 is 0.500 bits per heavy atom. The lowest BCUT2D eigenvalue weighted by atomic mass is 10.5. The van der Waals surface area contributed by atoms with E-state index >= 15 is 0 Å². The summed E-state index contributed by atoms with van der Waals surface area (Å²) >= 11 is 0. The lowest BCUT2D eigenvalue weighted by Crippen LogP contribution is -1.69. The molecule has 0 unspecified atom stereocenters. The fraction of sp³-hybridized carbons (Fsp3) is 1.00. The van der Waals surface area contributed by atoms with E-state index in [-0.39, 0.29) is 26.4 Å². The first-order chi connectivity index (χ1) is 8.57. The zero-order valence-corrected chi connectivity index (χ0v) is 12.9. The van der Waals surface area contributed by atoms with E-state index in [2.05, 4.69) is 0 Å². The summed E-state index contributed by atoms with van der Waals surface area (Å²) in [7, 11) is 1.00. The largest absolute Gasteiger partial charge is 0.400 e. The Kier molecular flexibility index (Phi) is 251. The lowest BCUT2D eigenvalue weighted by Gasteiger charge is -1.69. The van der Waals surface area contributed by atoms with E-state index in [1.807, 2.05) is 6.92 Å². The van der Waals surface area contributed by atoms with Gasteiger partial charge in [0.2, 0.25) is 0 Å². The first kappa shape index (κ1) is 36.1. The highest BCUT2D eigenvalue weighted by Crippen LogP contribution is 1.61. The van der Waals surface area contributed by atoms with Crippen LogP contribution in [0.5, 0.6) is 0 Å². The van der Waals surface area contributed by atoms with Crippen LogP contribution in [0.4, 0.5) is 0 Å². The summed E-state index contributed by atoms with van der Waals surface area (Å²) in [6.07, 6.45) is 0.875. The van der Waals surface area contributed by atoms with Crippen molar-refractivity contribution in [1.29, 1.82) is 0 Å². The molecule has 0 aliphatic rings. The van der Waals surface area contributed by atoms with Crippen molar-refractivity contribution >= 4 is 0 Å². The van der Waals surface area contributed by atoms with E-state index in [9.17, 15) is 0 Å². The maximum absolute atomic E-state index is 7.88. The van der Waals surface area contributed by atoms with Crippen molar-refractivity contribution in [3.05, 3.63) is 0 Å².